The van der Waals surface area contributed by atoms with Gasteiger partial charge in [0.05, 0.1) is 12.2 Å². The highest BCUT2D eigenvalue weighted by atomic mass is 16.5. The molecule has 0 aromatic carbocycles. The monoisotopic (exact) mass is 197 g/mol. The normalized spacial score (nSPS) is 44.1. The van der Waals surface area contributed by atoms with Crippen LogP contribution in [0.3, 0.4) is 0 Å². The van der Waals surface area contributed by atoms with Crippen molar-refractivity contribution in [3.8, 4) is 0 Å². The summed E-state index contributed by atoms with van der Waals surface area (Å²) in [6.45, 7) is 2.34. The Bertz CT molecular complexity index is 183. The van der Waals surface area contributed by atoms with Gasteiger partial charge in [0.2, 0.25) is 0 Å². The average molecular weight is 197 g/mol. The number of hydrogen-bond acceptors (Lipinski definition) is 2. The molecule has 14 heavy (non-hydrogen) atoms. The number of hydrogen-bond donors (Lipinski definition) is 1. The third-order valence-corrected chi connectivity index (χ3v) is 3.76. The Morgan fingerprint density at radius 3 is 2.50 bits per heavy atom. The predicted molar refractivity (Wildman–Crippen MR) is 58.1 cm³/mol. The zero-order valence-corrected chi connectivity index (χ0v) is 9.24. The number of nitrogens with two attached hydrogens (primary N) is 1. The zero-order chi connectivity index (χ0) is 9.97. The third kappa shape index (κ3) is 2.48. The molecule has 82 valence electrons. The molecule has 4 unspecified atom stereocenters. The van der Waals surface area contributed by atoms with Gasteiger partial charge in [-0.3, -0.25) is 0 Å². The van der Waals surface area contributed by atoms with Crippen molar-refractivity contribution in [2.24, 2.45) is 11.7 Å². The topological polar surface area (TPSA) is 35.2 Å². The standard InChI is InChI=1S/C12H23NO/c1-9-4-2-5-10(8-9)14-12-7-3-6-11(12)13/h9-12H,2-8,13H2,1H3. The van der Waals surface area contributed by atoms with Crippen LogP contribution in [0.4, 0.5) is 0 Å². The lowest BCUT2D eigenvalue weighted by atomic mass is 9.88. The highest BCUT2D eigenvalue weighted by molar-refractivity contribution is 4.83. The Balaban J connectivity index is 1.78. The van der Waals surface area contributed by atoms with Crippen LogP contribution in [0.15, 0.2) is 0 Å². The molecule has 2 N–H and O–H groups in total. The Labute approximate surface area is 87.2 Å². The van der Waals surface area contributed by atoms with Gasteiger partial charge in [-0.2, -0.15) is 0 Å². The van der Waals surface area contributed by atoms with Gasteiger partial charge in [0.15, 0.2) is 0 Å². The fourth-order valence-electron chi connectivity index (χ4n) is 2.87. The summed E-state index contributed by atoms with van der Waals surface area (Å²) in [5, 5.41) is 0. The largest absolute Gasteiger partial charge is 0.373 e. The summed E-state index contributed by atoms with van der Waals surface area (Å²) in [4.78, 5) is 0. The van der Waals surface area contributed by atoms with Crippen LogP contribution in [0.1, 0.15) is 51.9 Å². The molecule has 0 aromatic heterocycles. The third-order valence-electron chi connectivity index (χ3n) is 3.76. The van der Waals surface area contributed by atoms with E-state index in [4.69, 9.17) is 10.5 Å². The number of ether oxygens (including phenoxy) is 1. The molecule has 2 rings (SSSR count). The molecule has 0 heterocycles. The Kier molecular flexibility index (Phi) is 3.45. The van der Waals surface area contributed by atoms with Crippen molar-refractivity contribution in [1.29, 1.82) is 0 Å². The molecule has 0 spiro atoms. The highest BCUT2D eigenvalue weighted by Crippen LogP contribution is 2.29. The van der Waals surface area contributed by atoms with Gasteiger partial charge in [-0.05, 0) is 38.0 Å². The van der Waals surface area contributed by atoms with E-state index in [0.717, 1.165) is 12.3 Å². The second-order valence-corrected chi connectivity index (χ2v) is 5.16. The lowest BCUT2D eigenvalue weighted by Gasteiger charge is -2.30. The maximum atomic E-state index is 6.11. The van der Waals surface area contributed by atoms with Crippen LogP contribution < -0.4 is 5.73 Å². The second-order valence-electron chi connectivity index (χ2n) is 5.16. The Hall–Kier alpha value is -0.0800. The van der Waals surface area contributed by atoms with E-state index in [1.165, 1.54) is 38.5 Å². The van der Waals surface area contributed by atoms with Gasteiger partial charge >= 0.3 is 0 Å². The summed E-state index contributed by atoms with van der Waals surface area (Å²) in [5.41, 5.74) is 6.01. The molecule has 2 saturated carbocycles. The lowest BCUT2D eigenvalue weighted by molar-refractivity contribution is -0.0412. The van der Waals surface area contributed by atoms with Crippen LogP contribution in [-0.2, 0) is 4.74 Å². The maximum absolute atomic E-state index is 6.11. The minimum Gasteiger partial charge on any atom is -0.373 e. The SMILES string of the molecule is CC1CCCC(OC2CCCC2N)C1. The summed E-state index contributed by atoms with van der Waals surface area (Å²) in [7, 11) is 0. The predicted octanol–water partition coefficient (Wildman–Crippen LogP) is 2.46. The van der Waals surface area contributed by atoms with Crippen LogP contribution in [0.5, 0.6) is 0 Å². The first-order chi connectivity index (χ1) is 6.75. The molecule has 0 aromatic rings. The summed E-state index contributed by atoms with van der Waals surface area (Å²) in [6.07, 6.45) is 9.71. The van der Waals surface area contributed by atoms with Crippen LogP contribution >= 0.6 is 0 Å². The van der Waals surface area contributed by atoms with Gasteiger partial charge < -0.3 is 10.5 Å². The van der Waals surface area contributed by atoms with Crippen molar-refractivity contribution in [1.82, 2.24) is 0 Å². The molecular formula is C12H23NO. The van der Waals surface area contributed by atoms with Crippen LogP contribution in [0.25, 0.3) is 0 Å². The summed E-state index contributed by atoms with van der Waals surface area (Å²) >= 11 is 0. The van der Waals surface area contributed by atoms with Crippen molar-refractivity contribution in [2.75, 3.05) is 0 Å². The van der Waals surface area contributed by atoms with E-state index in [1.54, 1.807) is 0 Å². The molecule has 2 fully saturated rings. The maximum Gasteiger partial charge on any atom is 0.0729 e. The van der Waals surface area contributed by atoms with Crippen molar-refractivity contribution in [3.63, 3.8) is 0 Å². The zero-order valence-electron chi connectivity index (χ0n) is 9.24. The molecular weight excluding hydrogens is 174 g/mol. The van der Waals surface area contributed by atoms with Crippen LogP contribution in [0.2, 0.25) is 0 Å². The molecule has 0 radical (unpaired) electrons. The fraction of sp³-hybridized carbons (Fsp3) is 1.00. The van der Waals surface area contributed by atoms with Crippen LogP contribution in [0, 0.1) is 5.92 Å². The minimum absolute atomic E-state index is 0.312. The van der Waals surface area contributed by atoms with Gasteiger partial charge in [0.1, 0.15) is 0 Å². The quantitative estimate of drug-likeness (QED) is 0.738. The fourth-order valence-corrected chi connectivity index (χ4v) is 2.87. The second kappa shape index (κ2) is 4.63. The molecule has 2 aliphatic rings. The first kappa shape index (κ1) is 10.4. The van der Waals surface area contributed by atoms with E-state index in [1.807, 2.05) is 0 Å². The smallest absolute Gasteiger partial charge is 0.0729 e. The van der Waals surface area contributed by atoms with Gasteiger partial charge in [-0.1, -0.05) is 19.8 Å². The summed E-state index contributed by atoms with van der Waals surface area (Å²) in [5.74, 6) is 0.853. The van der Waals surface area contributed by atoms with Crippen molar-refractivity contribution in [3.05, 3.63) is 0 Å². The first-order valence-corrected chi connectivity index (χ1v) is 6.16. The molecule has 2 aliphatic carbocycles. The molecule has 0 aliphatic heterocycles. The number of rotatable bonds is 2. The van der Waals surface area contributed by atoms with E-state index < -0.39 is 0 Å². The Morgan fingerprint density at radius 1 is 1.07 bits per heavy atom. The van der Waals surface area contributed by atoms with Crippen molar-refractivity contribution < 1.29 is 4.74 Å². The van der Waals surface area contributed by atoms with Gasteiger partial charge in [-0.15, -0.1) is 0 Å². The lowest BCUT2D eigenvalue weighted by Crippen LogP contribution is -2.36. The summed E-state index contributed by atoms with van der Waals surface area (Å²) in [6, 6.07) is 0.312. The molecule has 0 bridgehead atoms. The minimum atomic E-state index is 0.312. The van der Waals surface area contributed by atoms with Gasteiger partial charge in [0.25, 0.3) is 0 Å². The highest BCUT2D eigenvalue weighted by Gasteiger charge is 2.29. The molecule has 2 nitrogen and oxygen atoms in total. The van der Waals surface area contributed by atoms with E-state index in [9.17, 15) is 0 Å². The molecule has 2 heteroatoms. The van der Waals surface area contributed by atoms with E-state index >= 15 is 0 Å². The molecule has 4 atom stereocenters. The van der Waals surface area contributed by atoms with Gasteiger partial charge in [0, 0.05) is 6.04 Å². The average Bonchev–Trinajstić information content (AvgIpc) is 2.52. The van der Waals surface area contributed by atoms with E-state index in [2.05, 4.69) is 6.92 Å². The summed E-state index contributed by atoms with van der Waals surface area (Å²) < 4.78 is 6.11. The van der Waals surface area contributed by atoms with Crippen molar-refractivity contribution in [2.45, 2.75) is 70.1 Å². The van der Waals surface area contributed by atoms with E-state index in [-0.39, 0.29) is 0 Å². The molecule has 0 amide bonds. The van der Waals surface area contributed by atoms with E-state index in [0.29, 0.717) is 18.2 Å². The van der Waals surface area contributed by atoms with Crippen molar-refractivity contribution >= 4 is 0 Å². The first-order valence-electron chi connectivity index (χ1n) is 6.16. The molecule has 0 saturated heterocycles. The van der Waals surface area contributed by atoms with Crippen LogP contribution in [-0.4, -0.2) is 18.2 Å². The Morgan fingerprint density at radius 2 is 1.86 bits per heavy atom. The van der Waals surface area contributed by atoms with Gasteiger partial charge in [-0.25, -0.2) is 0 Å².